The second-order valence-corrected chi connectivity index (χ2v) is 5.89. The van der Waals surface area contributed by atoms with Gasteiger partial charge < -0.3 is 11.1 Å². The number of nitrogens with one attached hydrogen (secondary N) is 1. The fourth-order valence-electron chi connectivity index (χ4n) is 2.51. The minimum Gasteiger partial charge on any atom is -0.327 e. The van der Waals surface area contributed by atoms with Gasteiger partial charge in [0, 0.05) is 22.6 Å². The Hall–Kier alpha value is -0.870. The second-order valence-electron chi connectivity index (χ2n) is 4.97. The van der Waals surface area contributed by atoms with Crippen LogP contribution in [0.4, 0.5) is 5.69 Å². The number of rotatable bonds is 3. The number of carbonyl (C=O) groups excluding carboxylic acids is 1. The predicted molar refractivity (Wildman–Crippen MR) is 77.3 cm³/mol. The molecular formula is C14H19BrN2O. The van der Waals surface area contributed by atoms with Gasteiger partial charge in [-0.05, 0) is 37.0 Å². The molecule has 2 unspecified atom stereocenters. The van der Waals surface area contributed by atoms with E-state index in [-0.39, 0.29) is 11.9 Å². The summed E-state index contributed by atoms with van der Waals surface area (Å²) in [6.07, 6.45) is 5.06. The molecule has 3 nitrogen and oxygen atoms in total. The molecule has 1 aromatic carbocycles. The lowest BCUT2D eigenvalue weighted by Gasteiger charge is -2.27. The van der Waals surface area contributed by atoms with Crippen LogP contribution in [-0.2, 0) is 4.79 Å². The Kier molecular flexibility index (Phi) is 4.78. The maximum atomic E-state index is 12.0. The fraction of sp³-hybridized carbons (Fsp3) is 0.500. The molecule has 2 atom stereocenters. The van der Waals surface area contributed by atoms with Gasteiger partial charge in [-0.25, -0.2) is 0 Å². The van der Waals surface area contributed by atoms with E-state index < -0.39 is 0 Å². The van der Waals surface area contributed by atoms with Crippen molar-refractivity contribution in [3.8, 4) is 0 Å². The van der Waals surface area contributed by atoms with Crippen LogP contribution >= 0.6 is 15.9 Å². The summed E-state index contributed by atoms with van der Waals surface area (Å²) in [6, 6.07) is 7.83. The summed E-state index contributed by atoms with van der Waals surface area (Å²) in [6.45, 7) is 0. The maximum Gasteiger partial charge on any atom is 0.224 e. The zero-order valence-electron chi connectivity index (χ0n) is 10.4. The average molecular weight is 311 g/mol. The molecule has 0 heterocycles. The number of amides is 1. The largest absolute Gasteiger partial charge is 0.327 e. The van der Waals surface area contributed by atoms with Crippen molar-refractivity contribution >= 4 is 27.5 Å². The van der Waals surface area contributed by atoms with Crippen molar-refractivity contribution in [2.75, 3.05) is 5.32 Å². The highest BCUT2D eigenvalue weighted by Crippen LogP contribution is 2.26. The minimum atomic E-state index is 0.0652. The summed E-state index contributed by atoms with van der Waals surface area (Å²) in [5.41, 5.74) is 6.89. The van der Waals surface area contributed by atoms with Crippen LogP contribution in [0.1, 0.15) is 32.1 Å². The summed E-state index contributed by atoms with van der Waals surface area (Å²) < 4.78 is 0.967. The Balaban J connectivity index is 1.88. The molecule has 98 valence electrons. The number of nitrogens with two attached hydrogens (primary N) is 1. The summed E-state index contributed by atoms with van der Waals surface area (Å²) >= 11 is 3.39. The van der Waals surface area contributed by atoms with E-state index in [2.05, 4.69) is 21.2 Å². The fourth-order valence-corrected chi connectivity index (χ4v) is 2.91. The van der Waals surface area contributed by atoms with E-state index in [4.69, 9.17) is 5.73 Å². The number of carbonyl (C=O) groups is 1. The molecule has 0 radical (unpaired) electrons. The molecule has 1 saturated carbocycles. The van der Waals surface area contributed by atoms with Gasteiger partial charge in [0.1, 0.15) is 0 Å². The summed E-state index contributed by atoms with van der Waals surface area (Å²) in [7, 11) is 0. The lowest BCUT2D eigenvalue weighted by molar-refractivity contribution is -0.117. The van der Waals surface area contributed by atoms with Crippen LogP contribution in [0.25, 0.3) is 0 Å². The Bertz CT molecular complexity index is 422. The van der Waals surface area contributed by atoms with Gasteiger partial charge in [0.2, 0.25) is 5.91 Å². The lowest BCUT2D eigenvalue weighted by Crippen LogP contribution is -2.35. The van der Waals surface area contributed by atoms with E-state index in [0.29, 0.717) is 12.3 Å². The molecule has 1 aromatic rings. The van der Waals surface area contributed by atoms with Gasteiger partial charge >= 0.3 is 0 Å². The Morgan fingerprint density at radius 3 is 2.89 bits per heavy atom. The summed E-state index contributed by atoms with van der Waals surface area (Å²) in [4.78, 5) is 12.0. The number of halogens is 1. The molecular weight excluding hydrogens is 292 g/mol. The van der Waals surface area contributed by atoms with Gasteiger partial charge in [0.25, 0.3) is 0 Å². The molecule has 18 heavy (non-hydrogen) atoms. The van der Waals surface area contributed by atoms with E-state index in [0.717, 1.165) is 23.0 Å². The number of benzene rings is 1. The van der Waals surface area contributed by atoms with Crippen LogP contribution < -0.4 is 11.1 Å². The van der Waals surface area contributed by atoms with Crippen molar-refractivity contribution in [3.63, 3.8) is 0 Å². The van der Waals surface area contributed by atoms with Crippen molar-refractivity contribution < 1.29 is 4.79 Å². The summed E-state index contributed by atoms with van der Waals surface area (Å²) in [5.74, 6) is 0.404. The molecule has 0 saturated heterocycles. The van der Waals surface area contributed by atoms with E-state index >= 15 is 0 Å². The molecule has 1 aliphatic carbocycles. The van der Waals surface area contributed by atoms with Crippen LogP contribution in [0.5, 0.6) is 0 Å². The topological polar surface area (TPSA) is 55.1 Å². The maximum absolute atomic E-state index is 12.0. The number of hydrogen-bond donors (Lipinski definition) is 2. The van der Waals surface area contributed by atoms with Gasteiger partial charge in [-0.2, -0.15) is 0 Å². The third-order valence-electron chi connectivity index (χ3n) is 3.52. The summed E-state index contributed by atoms with van der Waals surface area (Å²) in [5, 5.41) is 2.93. The highest BCUT2D eigenvalue weighted by Gasteiger charge is 2.24. The van der Waals surface area contributed by atoms with Crippen molar-refractivity contribution in [2.45, 2.75) is 38.1 Å². The monoisotopic (exact) mass is 310 g/mol. The van der Waals surface area contributed by atoms with Crippen molar-refractivity contribution in [1.29, 1.82) is 0 Å². The average Bonchev–Trinajstić information content (AvgIpc) is 2.32. The first kappa shape index (κ1) is 13.6. The molecule has 1 fully saturated rings. The molecule has 1 aliphatic rings. The molecule has 4 heteroatoms. The lowest BCUT2D eigenvalue weighted by atomic mass is 9.83. The van der Waals surface area contributed by atoms with E-state index in [9.17, 15) is 4.79 Å². The Morgan fingerprint density at radius 1 is 1.39 bits per heavy atom. The molecule has 0 aliphatic heterocycles. The molecule has 0 aromatic heterocycles. The minimum absolute atomic E-state index is 0.0652. The molecule has 1 amide bonds. The third-order valence-corrected chi connectivity index (χ3v) is 4.02. The zero-order chi connectivity index (χ0) is 13.0. The first-order valence-corrected chi connectivity index (χ1v) is 7.25. The highest BCUT2D eigenvalue weighted by molar-refractivity contribution is 9.10. The van der Waals surface area contributed by atoms with Crippen LogP contribution in [0.15, 0.2) is 28.7 Å². The SMILES string of the molecule is NC1CCCCC1CC(=O)Nc1cccc(Br)c1. The predicted octanol–water partition coefficient (Wildman–Crippen LogP) is 3.30. The number of anilines is 1. The standard InChI is InChI=1S/C14H19BrN2O/c15-11-5-3-6-12(9-11)17-14(18)8-10-4-1-2-7-13(10)16/h3,5-6,9-10,13H,1-2,4,7-8,16H2,(H,17,18). The van der Waals surface area contributed by atoms with E-state index in [1.165, 1.54) is 12.8 Å². The zero-order valence-corrected chi connectivity index (χ0v) is 11.9. The van der Waals surface area contributed by atoms with Gasteiger partial charge in [-0.1, -0.05) is 34.8 Å². The molecule has 2 rings (SSSR count). The van der Waals surface area contributed by atoms with Crippen molar-refractivity contribution in [2.24, 2.45) is 11.7 Å². The van der Waals surface area contributed by atoms with Crippen molar-refractivity contribution in [1.82, 2.24) is 0 Å². The highest BCUT2D eigenvalue weighted by atomic mass is 79.9. The van der Waals surface area contributed by atoms with E-state index in [1.807, 2.05) is 24.3 Å². The molecule has 3 N–H and O–H groups in total. The normalized spacial score (nSPS) is 23.7. The van der Waals surface area contributed by atoms with Gasteiger partial charge in [-0.15, -0.1) is 0 Å². The Labute approximate surface area is 116 Å². The smallest absolute Gasteiger partial charge is 0.224 e. The Morgan fingerprint density at radius 2 is 2.17 bits per heavy atom. The number of hydrogen-bond acceptors (Lipinski definition) is 2. The molecule has 0 bridgehead atoms. The van der Waals surface area contributed by atoms with E-state index in [1.54, 1.807) is 0 Å². The second kappa shape index (κ2) is 6.34. The third kappa shape index (κ3) is 3.82. The van der Waals surface area contributed by atoms with Crippen LogP contribution in [0.2, 0.25) is 0 Å². The molecule has 0 spiro atoms. The first-order valence-electron chi connectivity index (χ1n) is 6.46. The quantitative estimate of drug-likeness (QED) is 0.900. The van der Waals surface area contributed by atoms with Gasteiger partial charge in [0.05, 0.1) is 0 Å². The van der Waals surface area contributed by atoms with Crippen molar-refractivity contribution in [3.05, 3.63) is 28.7 Å². The van der Waals surface area contributed by atoms with Crippen LogP contribution in [-0.4, -0.2) is 11.9 Å². The van der Waals surface area contributed by atoms with Gasteiger partial charge in [-0.3, -0.25) is 4.79 Å². The van der Waals surface area contributed by atoms with Gasteiger partial charge in [0.15, 0.2) is 0 Å². The first-order chi connectivity index (χ1) is 8.65. The van der Waals surface area contributed by atoms with Crippen LogP contribution in [0, 0.1) is 5.92 Å². The van der Waals surface area contributed by atoms with Crippen LogP contribution in [0.3, 0.4) is 0 Å².